The number of likely N-dealkylation sites (N-methyl/N-ethyl adjacent to an activating group) is 1. The molecule has 11 bridgehead atoms. The van der Waals surface area contributed by atoms with Crippen LogP contribution in [0.1, 0.15) is 150 Å². The smallest absolute Gasteiger partial charge is 0.336 e. The van der Waals surface area contributed by atoms with Crippen molar-refractivity contribution in [3.8, 4) is 68.2 Å². The molecule has 135 heavy (non-hydrogen) atoms. The number of nitrogens with zero attached hydrogens (tertiary/aromatic N) is 1. The molecular weight excluding hydrogens is 1850 g/mol. The number of carboxylic acids is 1. The number of halogens is 3. The van der Waals surface area contributed by atoms with Crippen LogP contribution in [0.5, 0.6) is 46.0 Å². The van der Waals surface area contributed by atoms with Gasteiger partial charge in [0, 0.05) is 91.0 Å². The summed E-state index contributed by atoms with van der Waals surface area (Å²) < 4.78 is 65.4. The number of aliphatic hydroxyl groups is 6. The predicted molar refractivity (Wildman–Crippen MR) is 478 cm³/mol. The second kappa shape index (κ2) is 41.6. The molecule has 0 aromatic heterocycles. The van der Waals surface area contributed by atoms with Gasteiger partial charge in [-0.25, -0.2) is 4.79 Å². The van der Waals surface area contributed by atoms with E-state index in [0.717, 1.165) is 95.4 Å². The third-order valence-electron chi connectivity index (χ3n) is 25.0. The number of aliphatic hydroxyl groups excluding tert-OH is 6. The standard InChI is InChI=1S/C92H104Cl3N8O31P/c1-39(2)22-58(103(7)69(112)32-52(37-104)135(124,125)126)87(120)101-75-61(109)26-49(29-68(96)111)85(118)99-73-48-27-65(129-63-20-15-46(77(75)113)24-56(63)94)81(134-90-82(79(115)78(114)67(38-105)131-90)133-71-35-92(6,84(117)41(4)128-71)98-36-42-8-10-43(11-9-42)44-12-17-50(93)18-13-44)66(28-48)130-64-21-16-47(25-57(64)95)80(132-70-34-91(5,97)83(116)40(3)127-70)76-88(121)100-74(89(122)123)55-30-51(106)31-60(108)72(55)54-23-45(14-19-59(54)107)53(33-62(73)110)86(119)102-76/h8-21,23-25,27-28,30-31,37,39-41,49,52-53,58,67,70-71,73-80,82-84,90,98,105-108,113-117H,22,26,29,32-36,38,97H2,1-7H3,(H2,96,111)(H,99,118)(H,100,121)(H,101,120)(H,102,119)(H,122,123)(H2,124,125,126)/t40?,41?,49?,52?,53?,58?,67?,70-,71?,73?,74?,75?,76-,77?,78?,79?,80+,82?,83?,84?,90?,91?,92?/m1/s1. The summed E-state index contributed by atoms with van der Waals surface area (Å²) >= 11 is 20.9. The van der Waals surface area contributed by atoms with E-state index in [0.29, 0.717) is 5.02 Å². The summed E-state index contributed by atoms with van der Waals surface area (Å²) in [6.07, 6.45) is -27.8. The lowest BCUT2D eigenvalue weighted by atomic mass is 9.84. The zero-order valence-corrected chi connectivity index (χ0v) is 76.7. The van der Waals surface area contributed by atoms with Gasteiger partial charge in [0.1, 0.15) is 95.4 Å². The van der Waals surface area contributed by atoms with Crippen molar-refractivity contribution in [1.29, 1.82) is 0 Å². The number of carboxylic acid groups (broad SMARTS) is 1. The van der Waals surface area contributed by atoms with Gasteiger partial charge in [-0.15, -0.1) is 0 Å². The molecule has 43 heteroatoms. The fraction of sp³-hybridized carbons (Fsp3) is 0.435. The van der Waals surface area contributed by atoms with Crippen molar-refractivity contribution < 1.29 is 151 Å². The van der Waals surface area contributed by atoms with Gasteiger partial charge in [-0.3, -0.25) is 42.9 Å². The number of phenolic OH excluding ortho intramolecular Hbond substituents is 3. The Morgan fingerprint density at radius 3 is 1.89 bits per heavy atom. The third kappa shape index (κ3) is 22.7. The van der Waals surface area contributed by atoms with E-state index < -0.39 is 316 Å². The Morgan fingerprint density at radius 1 is 0.689 bits per heavy atom. The average Bonchev–Trinajstić information content (AvgIpc) is 0.749. The van der Waals surface area contributed by atoms with Crippen LogP contribution in [-0.2, 0) is 82.7 Å². The monoisotopic (exact) mass is 1950 g/mol. The van der Waals surface area contributed by atoms with Crippen LogP contribution in [0.3, 0.4) is 0 Å². The molecule has 21 N–H and O–H groups in total. The zero-order chi connectivity index (χ0) is 98.2. The summed E-state index contributed by atoms with van der Waals surface area (Å²) in [5.74, 6) is -22.2. The zero-order valence-electron chi connectivity index (χ0n) is 73.6. The van der Waals surface area contributed by atoms with E-state index in [2.05, 4.69) is 26.6 Å². The Hall–Kier alpha value is -10.9. The Labute approximate surface area is 787 Å². The number of benzene rings is 7. The van der Waals surface area contributed by atoms with Crippen molar-refractivity contribution in [1.82, 2.24) is 31.5 Å². The number of aldehydes is 1. The quantitative estimate of drug-likeness (QED) is 0.0264. The first-order valence-corrected chi connectivity index (χ1v) is 45.8. The van der Waals surface area contributed by atoms with Crippen LogP contribution in [0, 0.1) is 11.8 Å². The summed E-state index contributed by atoms with van der Waals surface area (Å²) in [6, 6.07) is 17.7. The maximum atomic E-state index is 16.8. The highest BCUT2D eigenvalue weighted by Crippen LogP contribution is 2.52. The van der Waals surface area contributed by atoms with Gasteiger partial charge in [0.25, 0.3) is 0 Å². The van der Waals surface area contributed by atoms with E-state index in [1.54, 1.807) is 39.8 Å². The van der Waals surface area contributed by atoms with Gasteiger partial charge in [0.15, 0.2) is 47.8 Å². The van der Waals surface area contributed by atoms with Gasteiger partial charge in [-0.1, -0.05) is 103 Å². The molecule has 7 aromatic rings. The van der Waals surface area contributed by atoms with E-state index >= 15 is 28.8 Å². The molecule has 8 aliphatic rings. The molecule has 724 valence electrons. The number of phenols is 3. The number of ketones is 2. The molecule has 0 saturated carbocycles. The average molecular weight is 1960 g/mol. The van der Waals surface area contributed by atoms with E-state index in [4.69, 9.17) is 84.2 Å². The van der Waals surface area contributed by atoms with Gasteiger partial charge in [-0.05, 0) is 146 Å². The topological polar surface area (TPSA) is 620 Å². The number of aliphatic carboxylic acids is 1. The van der Waals surface area contributed by atoms with E-state index in [1.165, 1.54) is 26.0 Å². The van der Waals surface area contributed by atoms with Crippen molar-refractivity contribution in [2.75, 3.05) is 13.7 Å². The largest absolute Gasteiger partial charge is 0.508 e. The summed E-state index contributed by atoms with van der Waals surface area (Å²) in [5.41, 5.74) is 7.28. The molecule has 8 aliphatic heterocycles. The molecule has 20 unspecified atom stereocenters. The van der Waals surface area contributed by atoms with Crippen LogP contribution in [0.4, 0.5) is 0 Å². The lowest BCUT2D eigenvalue weighted by molar-refractivity contribution is -0.334. The molecule has 7 aromatic carbocycles. The first-order valence-electron chi connectivity index (χ1n) is 43.0. The second-order valence-corrected chi connectivity index (χ2v) is 38.6. The number of carbonyl (C=O) groups excluding carboxylic acids is 9. The van der Waals surface area contributed by atoms with Gasteiger partial charge in [0.2, 0.25) is 47.5 Å². The van der Waals surface area contributed by atoms with Crippen LogP contribution in [0.15, 0.2) is 127 Å². The third-order valence-corrected chi connectivity index (χ3v) is 27.0. The minimum absolute atomic E-state index is 0.133. The number of Topliss-reactive ketones (excluding diaryl/α,β-unsaturated/α-hetero) is 2. The number of fused-ring (bicyclic) bond motifs is 15. The van der Waals surface area contributed by atoms with Crippen LogP contribution >= 0.6 is 42.4 Å². The van der Waals surface area contributed by atoms with Gasteiger partial charge in [0.05, 0.1) is 52.9 Å². The highest BCUT2D eigenvalue weighted by Gasteiger charge is 2.54. The van der Waals surface area contributed by atoms with Crippen LogP contribution in [-0.4, -0.2) is 241 Å². The Bertz CT molecular complexity index is 5740. The van der Waals surface area contributed by atoms with E-state index in [-0.39, 0.29) is 48.8 Å². The summed E-state index contributed by atoms with van der Waals surface area (Å²) in [6.45, 7) is 8.52. The van der Waals surface area contributed by atoms with Crippen molar-refractivity contribution in [3.05, 3.63) is 176 Å². The molecule has 3 saturated heterocycles. The summed E-state index contributed by atoms with van der Waals surface area (Å²) in [7, 11) is -4.20. The molecule has 0 aliphatic carbocycles. The summed E-state index contributed by atoms with van der Waals surface area (Å²) in [4.78, 5) is 170. The molecule has 6 amide bonds. The maximum absolute atomic E-state index is 16.8. The number of nitrogens with two attached hydrogens (primary N) is 2. The Balaban J connectivity index is 1.01. The minimum Gasteiger partial charge on any atom is -0.508 e. The normalized spacial score (nSPS) is 28.8. The van der Waals surface area contributed by atoms with E-state index in [1.807, 2.05) is 36.4 Å². The Morgan fingerprint density at radius 2 is 1.30 bits per heavy atom. The number of amides is 6. The molecule has 0 radical (unpaired) electrons. The fourth-order valence-corrected chi connectivity index (χ4v) is 18.6. The number of rotatable bonds is 23. The van der Waals surface area contributed by atoms with Gasteiger partial charge in [-0.2, -0.15) is 0 Å². The molecule has 39 nitrogen and oxygen atoms in total. The number of ether oxygens (including phenoxy) is 8. The van der Waals surface area contributed by atoms with Crippen molar-refractivity contribution >= 4 is 102 Å². The van der Waals surface area contributed by atoms with E-state index in [9.17, 15) is 84.6 Å². The number of nitrogens with one attached hydrogen (secondary N) is 5. The highest BCUT2D eigenvalue weighted by molar-refractivity contribution is 7.53. The van der Waals surface area contributed by atoms with Gasteiger partial charge >= 0.3 is 13.6 Å². The van der Waals surface area contributed by atoms with Gasteiger partial charge < -0.3 is 146 Å². The van der Waals surface area contributed by atoms with Crippen LogP contribution < -0.4 is 52.3 Å². The van der Waals surface area contributed by atoms with Crippen molar-refractivity contribution in [3.63, 3.8) is 0 Å². The van der Waals surface area contributed by atoms with Crippen molar-refractivity contribution in [2.24, 2.45) is 23.3 Å². The Kier molecular flexibility index (Phi) is 31.3. The van der Waals surface area contributed by atoms with Crippen LogP contribution in [0.25, 0.3) is 22.3 Å². The minimum atomic E-state index is -5.27. The molecule has 15 rings (SSSR count). The molecule has 8 heterocycles. The number of primary amides is 1. The first kappa shape index (κ1) is 102. The maximum Gasteiger partial charge on any atom is 0.336 e. The predicted octanol–water partition coefficient (Wildman–Crippen LogP) is 5.85. The lowest BCUT2D eigenvalue weighted by Crippen LogP contribution is -2.65. The number of hydrogen-bond donors (Lipinski definition) is 19. The fourth-order valence-electron chi connectivity index (χ4n) is 17.5. The number of carbonyl (C=O) groups is 10. The molecular formula is C92H104Cl3N8O31P. The lowest BCUT2D eigenvalue weighted by Gasteiger charge is -2.48. The number of hydrogen-bond acceptors (Lipinski definition) is 30. The second-order valence-electron chi connectivity index (χ2n) is 35.5. The molecule has 23 atom stereocenters. The first-order chi connectivity index (χ1) is 63.6. The number of aromatic hydroxyl groups is 3. The SMILES string of the molecule is CC(C)CC(C(=O)NC1C(=O)CC(CC(N)=O)C(=O)NC2C(=O)CC3C(=O)N[C@@H](C(=O)NC(C(=O)O)c4cc(O)cc(O)c4-c4cc3ccc4O)[C@@H](O[C@@H]3CC(C)(N)C(O)C(C)O3)c3ccc(c(Cl)c3)Oc3cc2cc(c3OC2OC(CO)C(O)C(O)C2OC2CC(C)(NCc3ccc(-c4ccc(Cl)cc4)cc3)C(O)C(C)O2)Oc2ccc(cc2Cl)C1O)N(C)C(=O)CC(C=O)P(=O)(O)O. The summed E-state index contributed by atoms with van der Waals surface area (Å²) in [5, 5.41) is 131. The molecule has 0 spiro atoms. The molecule has 3 fully saturated rings. The van der Waals surface area contributed by atoms with Crippen LogP contribution in [0.2, 0.25) is 15.1 Å². The highest BCUT2D eigenvalue weighted by atomic mass is 35.5. The van der Waals surface area contributed by atoms with Crippen molar-refractivity contribution in [2.45, 2.75) is 226 Å².